The highest BCUT2D eigenvalue weighted by atomic mass is 16.5. The standard InChI is InChI=1S/C18H25N5O2/c1-13-20-16(18(24)19-10-5-11-23(2)3)12-17(21-13)22-14-6-8-15(25-4)9-7-14/h6-9,12H,5,10-11H2,1-4H3,(H,19,24)(H,20,21,22). The van der Waals surface area contributed by atoms with Crippen LogP contribution in [0, 0.1) is 6.92 Å². The largest absolute Gasteiger partial charge is 0.497 e. The summed E-state index contributed by atoms with van der Waals surface area (Å²) in [5.41, 5.74) is 1.21. The van der Waals surface area contributed by atoms with Crippen molar-refractivity contribution in [2.45, 2.75) is 13.3 Å². The minimum absolute atomic E-state index is 0.193. The molecule has 1 amide bonds. The Labute approximate surface area is 148 Å². The lowest BCUT2D eigenvalue weighted by Gasteiger charge is -2.11. The highest BCUT2D eigenvalue weighted by Gasteiger charge is 2.10. The van der Waals surface area contributed by atoms with Gasteiger partial charge in [0.25, 0.3) is 5.91 Å². The van der Waals surface area contributed by atoms with Gasteiger partial charge in [-0.1, -0.05) is 0 Å². The molecule has 1 aromatic carbocycles. The molecule has 0 spiro atoms. The van der Waals surface area contributed by atoms with Crippen LogP contribution in [-0.4, -0.2) is 55.1 Å². The van der Waals surface area contributed by atoms with Crippen molar-refractivity contribution in [3.05, 3.63) is 41.9 Å². The summed E-state index contributed by atoms with van der Waals surface area (Å²) in [6.07, 6.45) is 0.889. The molecule has 0 saturated heterocycles. The van der Waals surface area contributed by atoms with E-state index in [1.807, 2.05) is 38.4 Å². The van der Waals surface area contributed by atoms with Gasteiger partial charge in [0.05, 0.1) is 7.11 Å². The van der Waals surface area contributed by atoms with E-state index in [-0.39, 0.29) is 5.91 Å². The van der Waals surface area contributed by atoms with Gasteiger partial charge < -0.3 is 20.3 Å². The lowest BCUT2D eigenvalue weighted by molar-refractivity contribution is 0.0947. The molecule has 0 aliphatic carbocycles. The number of hydrogen-bond donors (Lipinski definition) is 2. The highest BCUT2D eigenvalue weighted by Crippen LogP contribution is 2.19. The molecule has 1 heterocycles. The van der Waals surface area contributed by atoms with Crippen LogP contribution in [0.1, 0.15) is 22.7 Å². The second-order valence-electron chi connectivity index (χ2n) is 5.95. The van der Waals surface area contributed by atoms with Crippen LogP contribution in [0.15, 0.2) is 30.3 Å². The fraction of sp³-hybridized carbons (Fsp3) is 0.389. The van der Waals surface area contributed by atoms with E-state index in [2.05, 4.69) is 25.5 Å². The zero-order valence-corrected chi connectivity index (χ0v) is 15.2. The fourth-order valence-corrected chi connectivity index (χ4v) is 2.26. The van der Waals surface area contributed by atoms with Crippen molar-refractivity contribution in [2.75, 3.05) is 39.6 Å². The SMILES string of the molecule is COc1ccc(Nc2cc(C(=O)NCCCN(C)C)nc(C)n2)cc1. The van der Waals surface area contributed by atoms with E-state index in [0.717, 1.165) is 24.4 Å². The second kappa shape index (κ2) is 8.98. The number of benzene rings is 1. The summed E-state index contributed by atoms with van der Waals surface area (Å²) < 4.78 is 5.14. The maximum Gasteiger partial charge on any atom is 0.270 e. The minimum atomic E-state index is -0.193. The summed E-state index contributed by atoms with van der Waals surface area (Å²) in [5.74, 6) is 1.71. The molecule has 134 valence electrons. The van der Waals surface area contributed by atoms with Gasteiger partial charge >= 0.3 is 0 Å². The summed E-state index contributed by atoms with van der Waals surface area (Å²) in [5, 5.41) is 6.07. The predicted octanol–water partition coefficient (Wildman–Crippen LogP) is 2.22. The summed E-state index contributed by atoms with van der Waals surface area (Å²) >= 11 is 0. The molecule has 0 fully saturated rings. The van der Waals surface area contributed by atoms with Crippen LogP contribution in [0.3, 0.4) is 0 Å². The number of anilines is 2. The monoisotopic (exact) mass is 343 g/mol. The Morgan fingerprint density at radius 2 is 1.92 bits per heavy atom. The average molecular weight is 343 g/mol. The topological polar surface area (TPSA) is 79.4 Å². The quantitative estimate of drug-likeness (QED) is 0.716. The third-order valence-electron chi connectivity index (χ3n) is 3.50. The molecule has 2 rings (SSSR count). The number of aryl methyl sites for hydroxylation is 1. The van der Waals surface area contributed by atoms with Crippen molar-refractivity contribution in [1.82, 2.24) is 20.2 Å². The number of nitrogens with one attached hydrogen (secondary N) is 2. The van der Waals surface area contributed by atoms with Crippen molar-refractivity contribution >= 4 is 17.4 Å². The third-order valence-corrected chi connectivity index (χ3v) is 3.50. The first kappa shape index (κ1) is 18.7. The lowest BCUT2D eigenvalue weighted by Crippen LogP contribution is -2.28. The summed E-state index contributed by atoms with van der Waals surface area (Å²) in [4.78, 5) is 22.9. The van der Waals surface area contributed by atoms with Crippen LogP contribution in [0.5, 0.6) is 5.75 Å². The number of methoxy groups -OCH3 is 1. The van der Waals surface area contributed by atoms with E-state index in [1.54, 1.807) is 20.1 Å². The van der Waals surface area contributed by atoms with Gasteiger partial charge in [0.1, 0.15) is 23.1 Å². The maximum atomic E-state index is 12.3. The molecule has 0 aliphatic heterocycles. The number of nitrogens with zero attached hydrogens (tertiary/aromatic N) is 3. The first-order valence-electron chi connectivity index (χ1n) is 8.17. The smallest absolute Gasteiger partial charge is 0.270 e. The van der Waals surface area contributed by atoms with E-state index >= 15 is 0 Å². The average Bonchev–Trinajstić information content (AvgIpc) is 2.58. The Hall–Kier alpha value is -2.67. The number of amides is 1. The Kier molecular flexibility index (Phi) is 6.71. The van der Waals surface area contributed by atoms with Gasteiger partial charge in [-0.25, -0.2) is 9.97 Å². The number of carbonyl (C=O) groups excluding carboxylic acids is 1. The Morgan fingerprint density at radius 3 is 2.56 bits per heavy atom. The van der Waals surface area contributed by atoms with Gasteiger partial charge in [0.15, 0.2) is 0 Å². The molecule has 0 bridgehead atoms. The molecule has 25 heavy (non-hydrogen) atoms. The molecule has 0 saturated carbocycles. The van der Waals surface area contributed by atoms with Crippen molar-refractivity contribution in [1.29, 1.82) is 0 Å². The van der Waals surface area contributed by atoms with Crippen molar-refractivity contribution in [3.8, 4) is 5.75 Å². The zero-order chi connectivity index (χ0) is 18.2. The van der Waals surface area contributed by atoms with E-state index in [0.29, 0.717) is 23.9 Å². The summed E-state index contributed by atoms with van der Waals surface area (Å²) in [6, 6.07) is 9.14. The predicted molar refractivity (Wildman–Crippen MR) is 98.5 cm³/mol. The molecule has 0 atom stereocenters. The second-order valence-corrected chi connectivity index (χ2v) is 5.95. The Balaban J connectivity index is 2.02. The molecule has 1 aromatic heterocycles. The van der Waals surface area contributed by atoms with Gasteiger partial charge in [-0.15, -0.1) is 0 Å². The van der Waals surface area contributed by atoms with Gasteiger partial charge in [0, 0.05) is 18.3 Å². The van der Waals surface area contributed by atoms with Crippen molar-refractivity contribution < 1.29 is 9.53 Å². The third kappa shape index (κ3) is 6.04. The van der Waals surface area contributed by atoms with Crippen LogP contribution in [0.25, 0.3) is 0 Å². The van der Waals surface area contributed by atoms with Crippen LogP contribution >= 0.6 is 0 Å². The molecule has 2 aromatic rings. The molecule has 0 radical (unpaired) electrons. The fourth-order valence-electron chi connectivity index (χ4n) is 2.26. The number of carbonyl (C=O) groups is 1. The van der Waals surface area contributed by atoms with E-state index in [4.69, 9.17) is 4.74 Å². The molecule has 7 heteroatoms. The van der Waals surface area contributed by atoms with Crippen LogP contribution < -0.4 is 15.4 Å². The van der Waals surface area contributed by atoms with Crippen molar-refractivity contribution in [2.24, 2.45) is 0 Å². The molecular formula is C18H25N5O2. The van der Waals surface area contributed by atoms with E-state index < -0.39 is 0 Å². The maximum absolute atomic E-state index is 12.3. The van der Waals surface area contributed by atoms with Gasteiger partial charge in [-0.3, -0.25) is 4.79 Å². The number of aromatic nitrogens is 2. The molecule has 2 N–H and O–H groups in total. The summed E-state index contributed by atoms with van der Waals surface area (Å²) in [6.45, 7) is 3.30. The number of rotatable bonds is 8. The normalized spacial score (nSPS) is 10.6. The number of ether oxygens (including phenoxy) is 1. The van der Waals surface area contributed by atoms with Crippen molar-refractivity contribution in [3.63, 3.8) is 0 Å². The minimum Gasteiger partial charge on any atom is -0.497 e. The molecule has 7 nitrogen and oxygen atoms in total. The Morgan fingerprint density at radius 1 is 1.20 bits per heavy atom. The van der Waals surface area contributed by atoms with E-state index in [9.17, 15) is 4.79 Å². The first-order valence-corrected chi connectivity index (χ1v) is 8.17. The van der Waals surface area contributed by atoms with Gasteiger partial charge in [-0.05, 0) is 58.3 Å². The Bertz CT molecular complexity index is 701. The summed E-state index contributed by atoms with van der Waals surface area (Å²) in [7, 11) is 5.64. The first-order chi connectivity index (χ1) is 12.0. The van der Waals surface area contributed by atoms with Crippen LogP contribution in [0.4, 0.5) is 11.5 Å². The lowest BCUT2D eigenvalue weighted by atomic mass is 10.3. The molecular weight excluding hydrogens is 318 g/mol. The van der Waals surface area contributed by atoms with Crippen LogP contribution in [-0.2, 0) is 0 Å². The molecule has 0 aliphatic rings. The van der Waals surface area contributed by atoms with Gasteiger partial charge in [0.2, 0.25) is 0 Å². The van der Waals surface area contributed by atoms with Gasteiger partial charge in [-0.2, -0.15) is 0 Å². The number of hydrogen-bond acceptors (Lipinski definition) is 6. The highest BCUT2D eigenvalue weighted by molar-refractivity contribution is 5.93. The zero-order valence-electron chi connectivity index (χ0n) is 15.2. The van der Waals surface area contributed by atoms with Crippen LogP contribution in [0.2, 0.25) is 0 Å². The molecule has 0 unspecified atom stereocenters. The van der Waals surface area contributed by atoms with E-state index in [1.165, 1.54) is 0 Å².